The first-order valence-electron chi connectivity index (χ1n) is 4.31. The van der Waals surface area contributed by atoms with Crippen LogP contribution in [-0.4, -0.2) is 44.7 Å². The monoisotopic (exact) mass is 283 g/mol. The van der Waals surface area contributed by atoms with Crippen molar-refractivity contribution in [3.8, 4) is 0 Å². The normalized spacial score (nSPS) is 24.0. The molecule has 1 aliphatic rings. The Hall–Kier alpha value is 1.01. The Kier molecular flexibility index (Phi) is 3.95. The molecule has 65 valence electrons. The van der Waals surface area contributed by atoms with E-state index >= 15 is 0 Å². The molecular weight excluding hydrogens is 266 g/mol. The molecule has 1 fully saturated rings. The maximum atomic E-state index is 6.30. The fourth-order valence-corrected chi connectivity index (χ4v) is 9.95. The summed E-state index contributed by atoms with van der Waals surface area (Å²) in [6, 6.07) is 0. The molecule has 2 nitrogen and oxygen atoms in total. The summed E-state index contributed by atoms with van der Waals surface area (Å²) in [7, 11) is 6.30. The summed E-state index contributed by atoms with van der Waals surface area (Å²) in [4.78, 5) is 0. The van der Waals surface area contributed by atoms with Crippen LogP contribution in [0.25, 0.3) is 0 Å². The van der Waals surface area contributed by atoms with Crippen molar-refractivity contribution in [3.05, 3.63) is 0 Å². The second-order valence-electron chi connectivity index (χ2n) is 2.73. The fourth-order valence-electron chi connectivity index (χ4n) is 1.65. The van der Waals surface area contributed by atoms with Gasteiger partial charge in [0.25, 0.3) is 0 Å². The third-order valence-electron chi connectivity index (χ3n) is 2.24. The van der Waals surface area contributed by atoms with Crippen LogP contribution in [0.2, 0.25) is 0 Å². The molecular formula is C7H16ClN2Sn. The topological polar surface area (TPSA) is 6.48 Å². The fraction of sp³-hybridized carbons (Fsp3) is 1.00. The standard InChI is InChI=1S/C7H16N2.ClH.Sn/c1-4-7(8-5-2)9-6-3;;/h7H,4-6H2,1-3H3;1H;/q-2;;+3/p-1. The van der Waals surface area contributed by atoms with Crippen LogP contribution in [0.3, 0.4) is 0 Å². The first kappa shape index (κ1) is 10.1. The van der Waals surface area contributed by atoms with E-state index in [4.69, 9.17) is 8.92 Å². The van der Waals surface area contributed by atoms with E-state index in [0.717, 1.165) is 13.1 Å². The quantitative estimate of drug-likeness (QED) is 0.726. The van der Waals surface area contributed by atoms with Gasteiger partial charge in [-0.05, 0) is 0 Å². The number of hydrogen-bond acceptors (Lipinski definition) is 2. The van der Waals surface area contributed by atoms with Crippen LogP contribution in [-0.2, 0) is 0 Å². The Bertz CT molecular complexity index is 122. The van der Waals surface area contributed by atoms with Crippen LogP contribution >= 0.6 is 8.92 Å². The van der Waals surface area contributed by atoms with Crippen LogP contribution in [0.1, 0.15) is 27.2 Å². The molecule has 1 rings (SSSR count). The van der Waals surface area contributed by atoms with Crippen LogP contribution in [0.4, 0.5) is 0 Å². The van der Waals surface area contributed by atoms with E-state index < -0.39 is 19.2 Å². The molecule has 0 aromatic heterocycles. The number of halogens is 1. The Morgan fingerprint density at radius 1 is 1.18 bits per heavy atom. The van der Waals surface area contributed by atoms with Crippen molar-refractivity contribution in [2.75, 3.05) is 13.1 Å². The SMILES string of the molecule is CCC1[N](CC)[Sn]([Cl])[N]1CC. The van der Waals surface area contributed by atoms with Gasteiger partial charge in [0.05, 0.1) is 0 Å². The van der Waals surface area contributed by atoms with Gasteiger partial charge in [-0.15, -0.1) is 0 Å². The van der Waals surface area contributed by atoms with Gasteiger partial charge in [-0.3, -0.25) is 0 Å². The maximum absolute atomic E-state index is 6.30. The number of rotatable bonds is 3. The molecule has 0 aliphatic carbocycles. The number of hydrogen-bond donors (Lipinski definition) is 0. The molecule has 11 heavy (non-hydrogen) atoms. The van der Waals surface area contributed by atoms with Crippen molar-refractivity contribution < 1.29 is 0 Å². The van der Waals surface area contributed by atoms with Gasteiger partial charge in [0.1, 0.15) is 0 Å². The summed E-state index contributed by atoms with van der Waals surface area (Å²) in [5.41, 5.74) is 0. The van der Waals surface area contributed by atoms with Crippen molar-refractivity contribution in [3.63, 3.8) is 0 Å². The first-order valence-corrected chi connectivity index (χ1v) is 10.5. The zero-order chi connectivity index (χ0) is 8.43. The Labute approximate surface area is 80.7 Å². The molecule has 0 aromatic carbocycles. The van der Waals surface area contributed by atoms with Gasteiger partial charge >= 0.3 is 80.8 Å². The average Bonchev–Trinajstić information content (AvgIpc) is 2.01. The molecule has 4 heteroatoms. The summed E-state index contributed by atoms with van der Waals surface area (Å²) in [6.07, 6.45) is 1.90. The summed E-state index contributed by atoms with van der Waals surface area (Å²) in [5, 5.41) is 0. The molecule has 0 atom stereocenters. The summed E-state index contributed by atoms with van der Waals surface area (Å²) in [6.45, 7) is 8.94. The predicted molar refractivity (Wildman–Crippen MR) is 50.4 cm³/mol. The molecule has 1 heterocycles. The van der Waals surface area contributed by atoms with Crippen molar-refractivity contribution >= 4 is 28.1 Å². The Balaban J connectivity index is 2.47. The van der Waals surface area contributed by atoms with Crippen LogP contribution in [0.5, 0.6) is 0 Å². The Morgan fingerprint density at radius 3 is 1.91 bits per heavy atom. The predicted octanol–water partition coefficient (Wildman–Crippen LogP) is 1.60. The minimum absolute atomic E-state index is 0.678. The molecule has 1 saturated heterocycles. The van der Waals surface area contributed by atoms with Crippen molar-refractivity contribution in [2.24, 2.45) is 0 Å². The van der Waals surface area contributed by atoms with Gasteiger partial charge < -0.3 is 0 Å². The minimum atomic E-state index is -1.67. The molecule has 0 amide bonds. The molecule has 0 saturated carbocycles. The second-order valence-corrected chi connectivity index (χ2v) is 9.81. The summed E-state index contributed by atoms with van der Waals surface area (Å²) in [5.74, 6) is 0. The summed E-state index contributed by atoms with van der Waals surface area (Å²) >= 11 is -1.67. The molecule has 1 radical (unpaired) electrons. The van der Waals surface area contributed by atoms with Gasteiger partial charge in [-0.1, -0.05) is 0 Å². The Morgan fingerprint density at radius 2 is 1.64 bits per heavy atom. The van der Waals surface area contributed by atoms with Crippen LogP contribution < -0.4 is 0 Å². The van der Waals surface area contributed by atoms with Crippen molar-refractivity contribution in [1.29, 1.82) is 0 Å². The zero-order valence-electron chi connectivity index (χ0n) is 7.47. The van der Waals surface area contributed by atoms with E-state index in [2.05, 4.69) is 27.0 Å². The van der Waals surface area contributed by atoms with E-state index in [1.54, 1.807) is 0 Å². The van der Waals surface area contributed by atoms with E-state index in [0.29, 0.717) is 6.17 Å². The number of nitrogens with zero attached hydrogens (tertiary/aromatic N) is 2. The van der Waals surface area contributed by atoms with Gasteiger partial charge in [0.15, 0.2) is 0 Å². The van der Waals surface area contributed by atoms with Gasteiger partial charge in [-0.25, -0.2) is 0 Å². The van der Waals surface area contributed by atoms with Gasteiger partial charge in [0.2, 0.25) is 0 Å². The molecule has 0 N–H and O–H groups in total. The molecule has 0 aromatic rings. The van der Waals surface area contributed by atoms with Crippen LogP contribution in [0.15, 0.2) is 0 Å². The van der Waals surface area contributed by atoms with E-state index in [1.165, 1.54) is 6.42 Å². The summed E-state index contributed by atoms with van der Waals surface area (Å²) < 4.78 is 5.01. The molecule has 0 spiro atoms. The molecule has 0 bridgehead atoms. The zero-order valence-corrected chi connectivity index (χ0v) is 11.1. The van der Waals surface area contributed by atoms with E-state index in [1.807, 2.05) is 0 Å². The average molecular weight is 282 g/mol. The second kappa shape index (κ2) is 4.30. The van der Waals surface area contributed by atoms with Crippen molar-refractivity contribution in [1.82, 2.24) is 6.24 Å². The van der Waals surface area contributed by atoms with E-state index in [-0.39, 0.29) is 0 Å². The van der Waals surface area contributed by atoms with Crippen molar-refractivity contribution in [2.45, 2.75) is 33.4 Å². The third kappa shape index (κ3) is 1.69. The van der Waals surface area contributed by atoms with Gasteiger partial charge in [-0.2, -0.15) is 0 Å². The van der Waals surface area contributed by atoms with Crippen LogP contribution in [0, 0.1) is 0 Å². The van der Waals surface area contributed by atoms with Gasteiger partial charge in [0, 0.05) is 0 Å². The molecule has 0 unspecified atom stereocenters. The third-order valence-corrected chi connectivity index (χ3v) is 11.4. The molecule has 1 aliphatic heterocycles. The first-order chi connectivity index (χ1) is 5.26. The van der Waals surface area contributed by atoms with E-state index in [9.17, 15) is 0 Å².